The normalized spacial score (nSPS) is 11.7. The summed E-state index contributed by atoms with van der Waals surface area (Å²) in [4.78, 5) is 24.1. The highest BCUT2D eigenvalue weighted by Gasteiger charge is 2.23. The van der Waals surface area contributed by atoms with Crippen molar-refractivity contribution in [1.82, 2.24) is 0 Å². The number of carbonyl (C=O) groups is 2. The van der Waals surface area contributed by atoms with Gasteiger partial charge in [-0.3, -0.25) is 4.79 Å². The molecule has 3 aromatic carbocycles. The third-order valence-corrected chi connectivity index (χ3v) is 4.23. The van der Waals surface area contributed by atoms with Crippen molar-refractivity contribution in [2.24, 2.45) is 0 Å². The minimum absolute atomic E-state index is 0.0414. The van der Waals surface area contributed by atoms with E-state index in [9.17, 15) is 9.59 Å². The summed E-state index contributed by atoms with van der Waals surface area (Å²) in [6, 6.07) is 15.2. The summed E-state index contributed by atoms with van der Waals surface area (Å²) in [6.45, 7) is 5.53. The number of carboxylic acids is 1. The third-order valence-electron chi connectivity index (χ3n) is 4.23. The zero-order valence-corrected chi connectivity index (χ0v) is 15.2. The van der Waals surface area contributed by atoms with E-state index >= 15 is 0 Å². The molecule has 0 saturated heterocycles. The van der Waals surface area contributed by atoms with Crippen LogP contribution in [0.4, 0.5) is 0 Å². The fourth-order valence-electron chi connectivity index (χ4n) is 3.27. The van der Waals surface area contributed by atoms with Gasteiger partial charge < -0.3 is 9.84 Å². The Labute approximate surface area is 152 Å². The fourth-order valence-corrected chi connectivity index (χ4v) is 3.27. The number of benzene rings is 3. The number of carbonyl (C=O) groups excluding carboxylic acids is 1. The van der Waals surface area contributed by atoms with E-state index in [1.807, 2.05) is 69.3 Å². The maximum Gasteiger partial charge on any atom is 0.339 e. The molecular formula is C22H22O4. The molecule has 134 valence electrons. The SMILES string of the molecule is CC(C)(C)OC(=O)c1c2ccccc2c(CCC(=O)O)c2ccccc12. The Morgan fingerprint density at radius 2 is 1.35 bits per heavy atom. The molecule has 0 spiro atoms. The summed E-state index contributed by atoms with van der Waals surface area (Å²) < 4.78 is 5.64. The predicted octanol–water partition coefficient (Wildman–Crippen LogP) is 4.97. The minimum atomic E-state index is -0.839. The smallest absolute Gasteiger partial charge is 0.339 e. The highest BCUT2D eigenvalue weighted by atomic mass is 16.6. The molecule has 0 saturated carbocycles. The van der Waals surface area contributed by atoms with Crippen LogP contribution in [0.2, 0.25) is 0 Å². The summed E-state index contributed by atoms with van der Waals surface area (Å²) in [6.07, 6.45) is 0.449. The fraction of sp³-hybridized carbons (Fsp3) is 0.273. The largest absolute Gasteiger partial charge is 0.481 e. The van der Waals surface area contributed by atoms with Crippen LogP contribution in [0, 0.1) is 0 Å². The Balaban J connectivity index is 2.32. The zero-order chi connectivity index (χ0) is 18.9. The summed E-state index contributed by atoms with van der Waals surface area (Å²) in [5.74, 6) is -1.20. The van der Waals surface area contributed by atoms with Crippen LogP contribution in [0.3, 0.4) is 0 Å². The van der Waals surface area contributed by atoms with Gasteiger partial charge in [0.25, 0.3) is 0 Å². The first-order valence-corrected chi connectivity index (χ1v) is 8.65. The van der Waals surface area contributed by atoms with Crippen molar-refractivity contribution in [3.8, 4) is 0 Å². The molecule has 0 amide bonds. The molecular weight excluding hydrogens is 328 g/mol. The molecule has 0 atom stereocenters. The van der Waals surface area contributed by atoms with E-state index in [0.717, 1.165) is 27.1 Å². The number of fused-ring (bicyclic) bond motifs is 2. The molecule has 0 aliphatic heterocycles. The van der Waals surface area contributed by atoms with Crippen LogP contribution in [-0.4, -0.2) is 22.6 Å². The van der Waals surface area contributed by atoms with E-state index < -0.39 is 11.6 Å². The van der Waals surface area contributed by atoms with Crippen molar-refractivity contribution in [3.63, 3.8) is 0 Å². The molecule has 0 bridgehead atoms. The van der Waals surface area contributed by atoms with Gasteiger partial charge in [-0.05, 0) is 54.3 Å². The van der Waals surface area contributed by atoms with Crippen molar-refractivity contribution in [2.45, 2.75) is 39.2 Å². The van der Waals surface area contributed by atoms with Gasteiger partial charge in [0.15, 0.2) is 0 Å². The third kappa shape index (κ3) is 3.54. The van der Waals surface area contributed by atoms with Crippen LogP contribution in [-0.2, 0) is 16.0 Å². The molecule has 26 heavy (non-hydrogen) atoms. The molecule has 4 heteroatoms. The lowest BCUT2D eigenvalue weighted by Crippen LogP contribution is -2.24. The molecule has 1 N–H and O–H groups in total. The first-order chi connectivity index (χ1) is 12.3. The van der Waals surface area contributed by atoms with Crippen molar-refractivity contribution in [3.05, 3.63) is 59.7 Å². The monoisotopic (exact) mass is 350 g/mol. The lowest BCUT2D eigenvalue weighted by Gasteiger charge is -2.22. The second-order valence-corrected chi connectivity index (χ2v) is 7.34. The molecule has 3 aromatic rings. The number of hydrogen-bond donors (Lipinski definition) is 1. The zero-order valence-electron chi connectivity index (χ0n) is 15.2. The highest BCUT2D eigenvalue weighted by molar-refractivity contribution is 6.18. The van der Waals surface area contributed by atoms with E-state index in [-0.39, 0.29) is 12.4 Å². The van der Waals surface area contributed by atoms with Gasteiger partial charge in [0.1, 0.15) is 5.60 Å². The molecule has 0 fully saturated rings. The second kappa shape index (κ2) is 6.79. The number of esters is 1. The van der Waals surface area contributed by atoms with E-state index in [1.54, 1.807) is 0 Å². The molecule has 0 aliphatic carbocycles. The second-order valence-electron chi connectivity index (χ2n) is 7.34. The molecule has 0 radical (unpaired) electrons. The van der Waals surface area contributed by atoms with Crippen molar-refractivity contribution in [1.29, 1.82) is 0 Å². The van der Waals surface area contributed by atoms with Gasteiger partial charge in [0.05, 0.1) is 5.56 Å². The number of carboxylic acid groups (broad SMARTS) is 1. The quantitative estimate of drug-likeness (QED) is 0.533. The number of aryl methyl sites for hydroxylation is 1. The van der Waals surface area contributed by atoms with E-state index in [2.05, 4.69) is 0 Å². The maximum absolute atomic E-state index is 12.9. The Bertz CT molecular complexity index is 939. The summed E-state index contributed by atoms with van der Waals surface area (Å²) in [5, 5.41) is 12.5. The molecule has 0 aromatic heterocycles. The standard InChI is InChI=1S/C22H22O4/c1-22(2,3)26-21(25)20-17-10-6-4-8-14(17)16(12-13-19(23)24)15-9-5-7-11-18(15)20/h4-11H,12-13H2,1-3H3,(H,23,24). The summed E-state index contributed by atoms with van der Waals surface area (Å²) >= 11 is 0. The van der Waals surface area contributed by atoms with Gasteiger partial charge >= 0.3 is 11.9 Å². The van der Waals surface area contributed by atoms with Gasteiger partial charge in [0, 0.05) is 6.42 Å². The van der Waals surface area contributed by atoms with Crippen molar-refractivity contribution < 1.29 is 19.4 Å². The van der Waals surface area contributed by atoms with Crippen LogP contribution in [0.5, 0.6) is 0 Å². The first kappa shape index (κ1) is 17.9. The first-order valence-electron chi connectivity index (χ1n) is 8.65. The van der Waals surface area contributed by atoms with Gasteiger partial charge in [-0.25, -0.2) is 4.79 Å². The van der Waals surface area contributed by atoms with Crippen LogP contribution in [0.15, 0.2) is 48.5 Å². The Kier molecular flexibility index (Phi) is 4.68. The lowest BCUT2D eigenvalue weighted by atomic mass is 9.89. The van der Waals surface area contributed by atoms with Crippen molar-refractivity contribution in [2.75, 3.05) is 0 Å². The molecule has 4 nitrogen and oxygen atoms in total. The number of rotatable bonds is 4. The molecule has 0 aliphatic rings. The Morgan fingerprint density at radius 3 is 1.77 bits per heavy atom. The number of hydrogen-bond acceptors (Lipinski definition) is 3. The lowest BCUT2D eigenvalue weighted by molar-refractivity contribution is -0.136. The molecule has 3 rings (SSSR count). The Hall–Kier alpha value is -2.88. The van der Waals surface area contributed by atoms with E-state index in [0.29, 0.717) is 12.0 Å². The average Bonchev–Trinajstić information content (AvgIpc) is 2.56. The predicted molar refractivity (Wildman–Crippen MR) is 103 cm³/mol. The highest BCUT2D eigenvalue weighted by Crippen LogP contribution is 2.34. The van der Waals surface area contributed by atoms with Gasteiger partial charge in [0.2, 0.25) is 0 Å². The summed E-state index contributed by atoms with van der Waals surface area (Å²) in [5.41, 5.74) is 0.887. The average molecular weight is 350 g/mol. The molecule has 0 heterocycles. The van der Waals surface area contributed by atoms with Crippen LogP contribution < -0.4 is 0 Å². The summed E-state index contributed by atoms with van der Waals surface area (Å²) in [7, 11) is 0. The van der Waals surface area contributed by atoms with Gasteiger partial charge in [-0.15, -0.1) is 0 Å². The maximum atomic E-state index is 12.9. The van der Waals surface area contributed by atoms with Gasteiger partial charge in [-0.1, -0.05) is 48.5 Å². The Morgan fingerprint density at radius 1 is 0.885 bits per heavy atom. The molecule has 0 unspecified atom stereocenters. The van der Waals surface area contributed by atoms with E-state index in [1.165, 1.54) is 0 Å². The number of ether oxygens (including phenoxy) is 1. The van der Waals surface area contributed by atoms with Crippen LogP contribution in [0.25, 0.3) is 21.5 Å². The van der Waals surface area contributed by atoms with Crippen LogP contribution in [0.1, 0.15) is 43.1 Å². The van der Waals surface area contributed by atoms with Gasteiger partial charge in [-0.2, -0.15) is 0 Å². The van der Waals surface area contributed by atoms with Crippen LogP contribution >= 0.6 is 0 Å². The van der Waals surface area contributed by atoms with E-state index in [4.69, 9.17) is 9.84 Å². The topological polar surface area (TPSA) is 63.6 Å². The number of aliphatic carboxylic acids is 1. The minimum Gasteiger partial charge on any atom is -0.481 e. The van der Waals surface area contributed by atoms with Crippen molar-refractivity contribution >= 4 is 33.5 Å².